The third kappa shape index (κ3) is 26.7. The molecule has 0 bridgehead atoms. The monoisotopic (exact) mass is 658 g/mol. The van der Waals surface area contributed by atoms with Crippen LogP contribution in [0.3, 0.4) is 0 Å². The van der Waals surface area contributed by atoms with E-state index in [-0.39, 0.29) is 34.5 Å². The third-order valence-electron chi connectivity index (χ3n) is 9.59. The summed E-state index contributed by atoms with van der Waals surface area (Å²) in [6.07, 6.45) is 41.8. The van der Waals surface area contributed by atoms with Gasteiger partial charge in [-0.25, -0.2) is 0 Å². The first kappa shape index (κ1) is 45.1. The summed E-state index contributed by atoms with van der Waals surface area (Å²) in [5.41, 5.74) is 2.00. The second kappa shape index (κ2) is 32.7. The van der Waals surface area contributed by atoms with Crippen LogP contribution in [-0.4, -0.2) is 42.5 Å². The number of rotatable bonds is 33. The van der Waals surface area contributed by atoms with Crippen molar-refractivity contribution in [3.05, 3.63) is 29.3 Å². The molecule has 0 saturated heterocycles. The molecule has 1 rings (SSSR count). The Balaban J connectivity index is 0.0000194. The average Bonchev–Trinajstić information content (AvgIpc) is 3.00. The predicted molar refractivity (Wildman–Crippen MR) is 199 cm³/mol. The molecule has 259 valence electrons. The van der Waals surface area contributed by atoms with E-state index in [2.05, 4.69) is 19.9 Å². The third-order valence-corrected chi connectivity index (χ3v) is 10.5. The number of aryl methyl sites for hydroxylation is 1. The molecule has 1 radical (unpaired) electrons. The first-order chi connectivity index (χ1) is 21.5. The molecule has 0 saturated carbocycles. The molecular weight excluding hydrogens is 583 g/mol. The maximum atomic E-state index is 12.1. The van der Waals surface area contributed by atoms with E-state index < -0.39 is 10.1 Å². The molecule has 1 N–H and O–H groups in total. The van der Waals surface area contributed by atoms with E-state index in [0.717, 1.165) is 43.2 Å². The molecule has 0 amide bonds. The van der Waals surface area contributed by atoms with Crippen molar-refractivity contribution in [2.75, 3.05) is 0 Å². The molecule has 0 unspecified atom stereocenters. The van der Waals surface area contributed by atoms with E-state index in [0.29, 0.717) is 0 Å². The quantitative estimate of drug-likeness (QED) is 0.0465. The van der Waals surface area contributed by atoms with Gasteiger partial charge in [0.1, 0.15) is 0 Å². The van der Waals surface area contributed by atoms with Gasteiger partial charge in [0, 0.05) is 29.6 Å². The molecule has 0 fully saturated rings. The second-order valence-corrected chi connectivity index (χ2v) is 15.2. The molecule has 0 aliphatic heterocycles. The number of unbranched alkanes of at least 4 members (excludes halogenated alkanes) is 28. The van der Waals surface area contributed by atoms with Gasteiger partial charge in [0.05, 0.1) is 4.90 Å². The molecule has 1 aromatic rings. The van der Waals surface area contributed by atoms with Crippen molar-refractivity contribution in [3.63, 3.8) is 0 Å². The SMILES string of the molecule is CCCCCCCCCCCCCCCCCc1cccc(S(=O)(=O)O)c1CCCCCCCCCCCCCCCCC.[Na]. The Labute approximate surface area is 304 Å². The summed E-state index contributed by atoms with van der Waals surface area (Å²) in [6.45, 7) is 4.56. The van der Waals surface area contributed by atoms with Gasteiger partial charge in [0.15, 0.2) is 0 Å². The Morgan fingerprint density at radius 2 is 0.733 bits per heavy atom. The van der Waals surface area contributed by atoms with E-state index in [1.54, 1.807) is 12.1 Å². The Hall–Kier alpha value is 0.130. The molecule has 0 aliphatic rings. The standard InChI is InChI=1S/C40H74O3S.Na/c1-3-5-7-9-11-13-15-17-19-21-23-25-27-29-31-34-38-35-33-37-40(44(41,42)43)39(38)36-32-30-28-26-24-22-20-18-16-14-12-10-8-6-4-2;/h33,35,37H,3-32,34,36H2,1-2H3,(H,41,42,43);. The van der Waals surface area contributed by atoms with Crippen molar-refractivity contribution in [3.8, 4) is 0 Å². The summed E-state index contributed by atoms with van der Waals surface area (Å²) < 4.78 is 34.2. The van der Waals surface area contributed by atoms with Crippen LogP contribution in [0.4, 0.5) is 0 Å². The van der Waals surface area contributed by atoms with Crippen molar-refractivity contribution in [2.24, 2.45) is 0 Å². The van der Waals surface area contributed by atoms with Gasteiger partial charge in [-0.1, -0.05) is 206 Å². The Morgan fingerprint density at radius 1 is 0.444 bits per heavy atom. The van der Waals surface area contributed by atoms with Crippen LogP contribution in [0.25, 0.3) is 0 Å². The van der Waals surface area contributed by atoms with Crippen molar-refractivity contribution >= 4 is 39.7 Å². The smallest absolute Gasteiger partial charge is 0.282 e. The van der Waals surface area contributed by atoms with Crippen LogP contribution in [0.5, 0.6) is 0 Å². The van der Waals surface area contributed by atoms with E-state index in [1.165, 1.54) is 173 Å². The molecule has 1 aromatic carbocycles. The summed E-state index contributed by atoms with van der Waals surface area (Å²) in [4.78, 5) is 0.140. The topological polar surface area (TPSA) is 54.4 Å². The summed E-state index contributed by atoms with van der Waals surface area (Å²) in [5.74, 6) is 0. The molecule has 45 heavy (non-hydrogen) atoms. The van der Waals surface area contributed by atoms with Gasteiger partial charge >= 0.3 is 0 Å². The minimum Gasteiger partial charge on any atom is -0.282 e. The van der Waals surface area contributed by atoms with Gasteiger partial charge in [-0.3, -0.25) is 4.55 Å². The van der Waals surface area contributed by atoms with Gasteiger partial charge in [-0.2, -0.15) is 8.42 Å². The number of hydrogen-bond donors (Lipinski definition) is 1. The van der Waals surface area contributed by atoms with Gasteiger partial charge < -0.3 is 0 Å². The molecule has 3 nitrogen and oxygen atoms in total. The van der Waals surface area contributed by atoms with Crippen LogP contribution >= 0.6 is 0 Å². The van der Waals surface area contributed by atoms with E-state index in [9.17, 15) is 13.0 Å². The van der Waals surface area contributed by atoms with E-state index in [4.69, 9.17) is 0 Å². The fraction of sp³-hybridized carbons (Fsp3) is 0.850. The van der Waals surface area contributed by atoms with Crippen LogP contribution in [-0.2, 0) is 23.0 Å². The van der Waals surface area contributed by atoms with Gasteiger partial charge in [0.25, 0.3) is 10.1 Å². The summed E-state index contributed by atoms with van der Waals surface area (Å²) in [6, 6.07) is 5.48. The summed E-state index contributed by atoms with van der Waals surface area (Å²) in [7, 11) is -4.19. The zero-order chi connectivity index (χ0) is 32.0. The molecule has 0 spiro atoms. The first-order valence-corrected chi connectivity index (χ1v) is 21.0. The maximum absolute atomic E-state index is 12.1. The summed E-state index contributed by atoms with van der Waals surface area (Å²) >= 11 is 0. The Morgan fingerprint density at radius 3 is 1.04 bits per heavy atom. The van der Waals surface area contributed by atoms with E-state index in [1.807, 2.05) is 0 Å². The van der Waals surface area contributed by atoms with Crippen molar-refractivity contribution < 1.29 is 13.0 Å². The molecule has 0 heterocycles. The predicted octanol–water partition coefficient (Wildman–Crippen LogP) is 13.4. The average molecular weight is 658 g/mol. The largest absolute Gasteiger partial charge is 0.294 e. The molecular formula is C40H74NaO3S. The Kier molecular flexibility index (Phi) is 32.8. The van der Waals surface area contributed by atoms with Crippen LogP contribution in [0, 0.1) is 0 Å². The molecule has 0 atom stereocenters. The van der Waals surface area contributed by atoms with Crippen LogP contribution in [0.15, 0.2) is 23.1 Å². The van der Waals surface area contributed by atoms with Crippen LogP contribution in [0.2, 0.25) is 0 Å². The van der Waals surface area contributed by atoms with Gasteiger partial charge in [0.2, 0.25) is 0 Å². The summed E-state index contributed by atoms with van der Waals surface area (Å²) in [5, 5.41) is 0. The minimum absolute atomic E-state index is 0. The zero-order valence-electron chi connectivity index (χ0n) is 30.5. The van der Waals surface area contributed by atoms with Crippen molar-refractivity contribution in [1.29, 1.82) is 0 Å². The Bertz CT molecular complexity index is 870. The molecule has 0 aliphatic carbocycles. The minimum atomic E-state index is -4.19. The molecule has 5 heteroatoms. The number of benzene rings is 1. The van der Waals surface area contributed by atoms with Gasteiger partial charge in [-0.05, 0) is 42.9 Å². The fourth-order valence-corrected chi connectivity index (χ4v) is 7.53. The first-order valence-electron chi connectivity index (χ1n) is 19.6. The van der Waals surface area contributed by atoms with Crippen molar-refractivity contribution in [1.82, 2.24) is 0 Å². The van der Waals surface area contributed by atoms with Crippen LogP contribution < -0.4 is 0 Å². The normalized spacial score (nSPS) is 11.6. The van der Waals surface area contributed by atoms with Gasteiger partial charge in [-0.15, -0.1) is 0 Å². The van der Waals surface area contributed by atoms with Crippen molar-refractivity contribution in [2.45, 2.75) is 224 Å². The fourth-order valence-electron chi connectivity index (χ4n) is 6.73. The number of hydrogen-bond acceptors (Lipinski definition) is 2. The van der Waals surface area contributed by atoms with Crippen LogP contribution in [0.1, 0.15) is 218 Å². The maximum Gasteiger partial charge on any atom is 0.294 e. The zero-order valence-corrected chi connectivity index (χ0v) is 33.3. The second-order valence-electron chi connectivity index (χ2n) is 13.8. The molecule has 0 aromatic heterocycles. The van der Waals surface area contributed by atoms with E-state index >= 15 is 0 Å².